The van der Waals surface area contributed by atoms with Gasteiger partial charge in [0.1, 0.15) is 0 Å². The van der Waals surface area contributed by atoms with Crippen LogP contribution in [0.5, 0.6) is 0 Å². The Kier molecular flexibility index (Phi) is 5.80. The average Bonchev–Trinajstić information content (AvgIpc) is 3.15. The van der Waals surface area contributed by atoms with Gasteiger partial charge in [-0.25, -0.2) is 8.42 Å². The molecule has 0 radical (unpaired) electrons. The number of carbonyl (C=O) groups excluding carboxylic acids is 1. The predicted octanol–water partition coefficient (Wildman–Crippen LogP) is 3.05. The van der Waals surface area contributed by atoms with Gasteiger partial charge in [-0.2, -0.15) is 0 Å². The van der Waals surface area contributed by atoms with Crippen LogP contribution in [0.25, 0.3) is 0 Å². The third kappa shape index (κ3) is 4.55. The van der Waals surface area contributed by atoms with E-state index < -0.39 is 10.0 Å². The van der Waals surface area contributed by atoms with E-state index in [0.717, 1.165) is 19.4 Å². The third-order valence-corrected chi connectivity index (χ3v) is 5.74. The number of rotatable bonds is 6. The summed E-state index contributed by atoms with van der Waals surface area (Å²) in [5.74, 6) is -0.278. The molecule has 2 aromatic rings. The molecular weight excluding hydrogens is 376 g/mol. The summed E-state index contributed by atoms with van der Waals surface area (Å²) in [7, 11) is -3.74. The predicted molar refractivity (Wildman–Crippen MR) is 100 cm³/mol. The first-order valence-electron chi connectivity index (χ1n) is 8.23. The zero-order valence-corrected chi connectivity index (χ0v) is 15.5. The molecule has 1 fully saturated rings. The lowest BCUT2D eigenvalue weighted by atomic mass is 10.2. The number of anilines is 1. The molecule has 0 spiro atoms. The van der Waals surface area contributed by atoms with E-state index in [1.54, 1.807) is 18.2 Å². The maximum atomic E-state index is 12.4. The van der Waals surface area contributed by atoms with Crippen molar-refractivity contribution in [2.45, 2.75) is 23.8 Å². The van der Waals surface area contributed by atoms with Crippen molar-refractivity contribution in [2.24, 2.45) is 0 Å². The number of sulfonamides is 1. The van der Waals surface area contributed by atoms with Gasteiger partial charge in [-0.1, -0.05) is 29.8 Å². The highest BCUT2D eigenvalue weighted by atomic mass is 35.5. The summed E-state index contributed by atoms with van der Waals surface area (Å²) in [6.45, 7) is 1.17. The minimum absolute atomic E-state index is 0.0476. The Labute approximate surface area is 157 Å². The standard InChI is InChI=1S/C18H19ClN2O4S/c19-16-11-13(18(22)20-12-14-5-4-10-25-14)8-9-17(16)21-26(23,24)15-6-2-1-3-7-15/h1-3,6-9,11,14,21H,4-5,10,12H2,(H,20,22)/t14-/m0/s1. The molecule has 3 rings (SSSR count). The number of benzene rings is 2. The lowest BCUT2D eigenvalue weighted by Gasteiger charge is -2.13. The van der Waals surface area contributed by atoms with E-state index in [1.807, 2.05) is 0 Å². The topological polar surface area (TPSA) is 84.5 Å². The highest BCUT2D eigenvalue weighted by Gasteiger charge is 2.18. The van der Waals surface area contributed by atoms with Crippen molar-refractivity contribution in [3.8, 4) is 0 Å². The van der Waals surface area contributed by atoms with Crippen molar-refractivity contribution in [2.75, 3.05) is 17.9 Å². The van der Waals surface area contributed by atoms with Crippen molar-refractivity contribution in [1.82, 2.24) is 5.32 Å². The average molecular weight is 395 g/mol. The number of ether oxygens (including phenoxy) is 1. The van der Waals surface area contributed by atoms with Crippen molar-refractivity contribution in [1.29, 1.82) is 0 Å². The fraction of sp³-hybridized carbons (Fsp3) is 0.278. The molecule has 1 aliphatic heterocycles. The van der Waals surface area contributed by atoms with Gasteiger partial charge in [0.25, 0.3) is 15.9 Å². The Hall–Kier alpha value is -2.09. The van der Waals surface area contributed by atoms with Gasteiger partial charge in [-0.3, -0.25) is 9.52 Å². The van der Waals surface area contributed by atoms with Crippen molar-refractivity contribution < 1.29 is 17.9 Å². The van der Waals surface area contributed by atoms with E-state index in [2.05, 4.69) is 10.0 Å². The quantitative estimate of drug-likeness (QED) is 0.788. The van der Waals surface area contributed by atoms with Crippen molar-refractivity contribution >= 4 is 33.2 Å². The largest absolute Gasteiger partial charge is 0.376 e. The van der Waals surface area contributed by atoms with Crippen LogP contribution in [0.15, 0.2) is 53.4 Å². The minimum atomic E-state index is -3.74. The minimum Gasteiger partial charge on any atom is -0.376 e. The molecule has 1 saturated heterocycles. The van der Waals surface area contributed by atoms with Crippen LogP contribution >= 0.6 is 11.6 Å². The Morgan fingerprint density at radius 2 is 1.96 bits per heavy atom. The number of nitrogens with one attached hydrogen (secondary N) is 2. The van der Waals surface area contributed by atoms with Crippen LogP contribution < -0.4 is 10.0 Å². The van der Waals surface area contributed by atoms with Gasteiger partial charge in [0.2, 0.25) is 0 Å². The van der Waals surface area contributed by atoms with E-state index in [-0.39, 0.29) is 27.6 Å². The van der Waals surface area contributed by atoms with E-state index >= 15 is 0 Å². The Morgan fingerprint density at radius 3 is 2.62 bits per heavy atom. The summed E-state index contributed by atoms with van der Waals surface area (Å²) in [6, 6.07) is 12.4. The molecule has 0 saturated carbocycles. The van der Waals surface area contributed by atoms with E-state index in [4.69, 9.17) is 16.3 Å². The lowest BCUT2D eigenvalue weighted by Crippen LogP contribution is -2.31. The molecule has 0 unspecified atom stereocenters. The summed E-state index contributed by atoms with van der Waals surface area (Å²) in [4.78, 5) is 12.3. The van der Waals surface area contributed by atoms with Crippen molar-refractivity contribution in [3.63, 3.8) is 0 Å². The number of amides is 1. The molecule has 2 N–H and O–H groups in total. The molecule has 1 amide bonds. The highest BCUT2D eigenvalue weighted by molar-refractivity contribution is 7.92. The monoisotopic (exact) mass is 394 g/mol. The van der Waals surface area contributed by atoms with Gasteiger partial charge < -0.3 is 10.1 Å². The second-order valence-electron chi connectivity index (χ2n) is 5.96. The molecule has 0 aromatic heterocycles. The van der Waals surface area contributed by atoms with Crippen LogP contribution in [-0.4, -0.2) is 33.6 Å². The molecule has 1 heterocycles. The smallest absolute Gasteiger partial charge is 0.261 e. The summed E-state index contributed by atoms with van der Waals surface area (Å²) in [6.07, 6.45) is 1.98. The molecule has 26 heavy (non-hydrogen) atoms. The van der Waals surface area contributed by atoms with Crippen LogP contribution in [-0.2, 0) is 14.8 Å². The van der Waals surface area contributed by atoms with Gasteiger partial charge in [0.05, 0.1) is 21.7 Å². The van der Waals surface area contributed by atoms with E-state index in [0.29, 0.717) is 12.1 Å². The summed E-state index contributed by atoms with van der Waals surface area (Å²) < 4.78 is 32.6. The number of carbonyl (C=O) groups is 1. The zero-order valence-electron chi connectivity index (χ0n) is 13.9. The second kappa shape index (κ2) is 8.07. The first kappa shape index (κ1) is 18.7. The molecule has 8 heteroatoms. The van der Waals surface area contributed by atoms with Crippen LogP contribution in [0.3, 0.4) is 0 Å². The normalized spacial score (nSPS) is 17.0. The second-order valence-corrected chi connectivity index (χ2v) is 8.05. The third-order valence-electron chi connectivity index (χ3n) is 4.04. The van der Waals surface area contributed by atoms with Crippen LogP contribution in [0.1, 0.15) is 23.2 Å². The molecule has 1 atom stereocenters. The molecule has 1 aliphatic rings. The fourth-order valence-electron chi connectivity index (χ4n) is 2.66. The maximum Gasteiger partial charge on any atom is 0.261 e. The number of hydrogen-bond donors (Lipinski definition) is 2. The van der Waals surface area contributed by atoms with Crippen LogP contribution in [0.2, 0.25) is 5.02 Å². The molecular formula is C18H19ClN2O4S. The van der Waals surface area contributed by atoms with Crippen molar-refractivity contribution in [3.05, 3.63) is 59.1 Å². The number of halogens is 1. The lowest BCUT2D eigenvalue weighted by molar-refractivity contribution is 0.0858. The number of hydrogen-bond acceptors (Lipinski definition) is 4. The van der Waals surface area contributed by atoms with Gasteiger partial charge in [-0.05, 0) is 43.2 Å². The molecule has 2 aromatic carbocycles. The molecule has 6 nitrogen and oxygen atoms in total. The summed E-state index contributed by atoms with van der Waals surface area (Å²) >= 11 is 6.16. The Morgan fingerprint density at radius 1 is 1.19 bits per heavy atom. The molecule has 0 bridgehead atoms. The Balaban J connectivity index is 1.68. The highest BCUT2D eigenvalue weighted by Crippen LogP contribution is 2.26. The SMILES string of the molecule is O=C(NC[C@@H]1CCCO1)c1ccc(NS(=O)(=O)c2ccccc2)c(Cl)c1. The Bertz CT molecular complexity index is 881. The van der Waals surface area contributed by atoms with Gasteiger partial charge in [-0.15, -0.1) is 0 Å². The first-order chi connectivity index (χ1) is 12.5. The summed E-state index contributed by atoms with van der Waals surface area (Å²) in [5, 5.41) is 2.95. The van der Waals surface area contributed by atoms with Crippen LogP contribution in [0, 0.1) is 0 Å². The molecule has 138 valence electrons. The maximum absolute atomic E-state index is 12.4. The first-order valence-corrected chi connectivity index (χ1v) is 10.1. The molecule has 0 aliphatic carbocycles. The van der Waals surface area contributed by atoms with Gasteiger partial charge in [0.15, 0.2) is 0 Å². The van der Waals surface area contributed by atoms with Gasteiger partial charge in [0, 0.05) is 18.7 Å². The summed E-state index contributed by atoms with van der Waals surface area (Å²) in [5.41, 5.74) is 0.571. The fourth-order valence-corrected chi connectivity index (χ4v) is 4.04. The van der Waals surface area contributed by atoms with Gasteiger partial charge >= 0.3 is 0 Å². The van der Waals surface area contributed by atoms with E-state index in [9.17, 15) is 13.2 Å². The van der Waals surface area contributed by atoms with Crippen LogP contribution in [0.4, 0.5) is 5.69 Å². The van der Waals surface area contributed by atoms with E-state index in [1.165, 1.54) is 30.3 Å². The zero-order chi connectivity index (χ0) is 18.6.